The first-order valence-corrected chi connectivity index (χ1v) is 8.14. The van der Waals surface area contributed by atoms with Crippen LogP contribution in [0.2, 0.25) is 0 Å². The molecule has 1 aromatic carbocycles. The van der Waals surface area contributed by atoms with Gasteiger partial charge in [-0.25, -0.2) is 4.98 Å². The zero-order chi connectivity index (χ0) is 18.1. The van der Waals surface area contributed by atoms with Crippen molar-refractivity contribution < 1.29 is 9.21 Å². The summed E-state index contributed by atoms with van der Waals surface area (Å²) in [7, 11) is 0. The Morgan fingerprint density at radius 1 is 1.12 bits per heavy atom. The molecule has 0 aliphatic heterocycles. The van der Waals surface area contributed by atoms with E-state index in [2.05, 4.69) is 10.3 Å². The molecule has 5 heteroatoms. The Morgan fingerprint density at radius 3 is 2.38 bits per heavy atom. The van der Waals surface area contributed by atoms with E-state index in [1.165, 1.54) is 0 Å². The van der Waals surface area contributed by atoms with Crippen molar-refractivity contribution in [1.29, 1.82) is 0 Å². The van der Waals surface area contributed by atoms with Crippen molar-refractivity contribution in [2.45, 2.75) is 34.6 Å². The third-order valence-electron chi connectivity index (χ3n) is 3.05. The van der Waals surface area contributed by atoms with Crippen LogP contribution in [0.15, 0.2) is 47.2 Å². The van der Waals surface area contributed by atoms with Crippen LogP contribution in [0.1, 0.15) is 43.6 Å². The number of aryl methyl sites for hydroxylation is 1. The third-order valence-corrected chi connectivity index (χ3v) is 3.05. The number of hydrogen-bond acceptors (Lipinski definition) is 4. The molecule has 0 aliphatic carbocycles. The first kappa shape index (κ1) is 19.2. The molecule has 24 heavy (non-hydrogen) atoms. The highest BCUT2D eigenvalue weighted by atomic mass is 16.3. The lowest BCUT2D eigenvalue weighted by Gasteiger charge is -2.05. The number of nitrogen functional groups attached to an aromatic ring is 1. The lowest BCUT2D eigenvalue weighted by molar-refractivity contribution is 0.102. The minimum atomic E-state index is -0.202. The second-order valence-corrected chi connectivity index (χ2v) is 4.57. The lowest BCUT2D eigenvalue weighted by atomic mass is 10.2. The Bertz CT molecular complexity index is 777. The normalized spacial score (nSPS) is 9.38. The Balaban J connectivity index is 0.000000671. The second-order valence-electron chi connectivity index (χ2n) is 4.57. The number of carbonyl (C=O) groups is 1. The Morgan fingerprint density at radius 2 is 1.75 bits per heavy atom. The molecule has 2 heterocycles. The van der Waals surface area contributed by atoms with Gasteiger partial charge in [0.1, 0.15) is 0 Å². The molecule has 3 N–H and O–H groups in total. The molecule has 0 spiro atoms. The van der Waals surface area contributed by atoms with Crippen molar-refractivity contribution in [3.63, 3.8) is 0 Å². The summed E-state index contributed by atoms with van der Waals surface area (Å²) in [6.45, 7) is 9.93. The SMILES string of the molecule is CC.CC.Cc1coc2ncc(NC(=O)c3ccc(N)cc3)cc12. The predicted molar refractivity (Wildman–Crippen MR) is 100 cm³/mol. The topological polar surface area (TPSA) is 81.2 Å². The molecule has 0 fully saturated rings. The Labute approximate surface area is 142 Å². The van der Waals surface area contributed by atoms with Gasteiger partial charge in [0.2, 0.25) is 5.71 Å². The Kier molecular flexibility index (Phi) is 7.49. The average Bonchev–Trinajstić information content (AvgIpc) is 3.00. The summed E-state index contributed by atoms with van der Waals surface area (Å²) in [5, 5.41) is 3.69. The van der Waals surface area contributed by atoms with Crippen molar-refractivity contribution in [1.82, 2.24) is 4.98 Å². The molecule has 0 aliphatic rings. The smallest absolute Gasteiger partial charge is 0.255 e. The summed E-state index contributed by atoms with van der Waals surface area (Å²) in [6.07, 6.45) is 3.21. The quantitative estimate of drug-likeness (QED) is 0.647. The summed E-state index contributed by atoms with van der Waals surface area (Å²) in [4.78, 5) is 16.2. The number of fused-ring (bicyclic) bond motifs is 1. The molecular formula is C19H25N3O2. The van der Waals surface area contributed by atoms with Gasteiger partial charge in [0.25, 0.3) is 5.91 Å². The van der Waals surface area contributed by atoms with Gasteiger partial charge in [-0.3, -0.25) is 4.79 Å². The van der Waals surface area contributed by atoms with Gasteiger partial charge in [0.05, 0.1) is 18.1 Å². The first-order chi connectivity index (χ1) is 11.6. The highest BCUT2D eigenvalue weighted by Gasteiger charge is 2.09. The number of nitrogens with two attached hydrogens (primary N) is 1. The van der Waals surface area contributed by atoms with Crippen LogP contribution in [0.5, 0.6) is 0 Å². The van der Waals surface area contributed by atoms with E-state index < -0.39 is 0 Å². The van der Waals surface area contributed by atoms with Gasteiger partial charge >= 0.3 is 0 Å². The molecule has 0 saturated carbocycles. The van der Waals surface area contributed by atoms with E-state index in [-0.39, 0.29) is 5.91 Å². The molecule has 0 unspecified atom stereocenters. The second kappa shape index (κ2) is 9.35. The number of aromatic nitrogens is 1. The van der Waals surface area contributed by atoms with E-state index in [0.717, 1.165) is 10.9 Å². The van der Waals surface area contributed by atoms with E-state index in [1.807, 2.05) is 40.7 Å². The van der Waals surface area contributed by atoms with Gasteiger partial charge < -0.3 is 15.5 Å². The standard InChI is InChI=1S/C15H13N3O2.2C2H6/c1-9-8-20-15-13(9)6-12(7-17-15)18-14(19)10-2-4-11(16)5-3-10;2*1-2/h2-8H,16H2,1H3,(H,18,19);2*1-2H3. The molecule has 2 aromatic heterocycles. The highest BCUT2D eigenvalue weighted by molar-refractivity contribution is 6.05. The van der Waals surface area contributed by atoms with Crippen LogP contribution in [0.25, 0.3) is 11.1 Å². The summed E-state index contributed by atoms with van der Waals surface area (Å²) in [5.41, 5.74) is 8.94. The molecule has 128 valence electrons. The van der Waals surface area contributed by atoms with E-state index in [0.29, 0.717) is 22.7 Å². The highest BCUT2D eigenvalue weighted by Crippen LogP contribution is 2.22. The fourth-order valence-electron chi connectivity index (χ4n) is 1.94. The number of benzene rings is 1. The van der Waals surface area contributed by atoms with E-state index in [9.17, 15) is 4.79 Å². The predicted octanol–water partition coefficient (Wildman–Crippen LogP) is 5.02. The average molecular weight is 327 g/mol. The van der Waals surface area contributed by atoms with Crippen LogP contribution < -0.4 is 11.1 Å². The van der Waals surface area contributed by atoms with Crippen LogP contribution in [-0.2, 0) is 0 Å². The zero-order valence-electron chi connectivity index (χ0n) is 14.9. The maximum Gasteiger partial charge on any atom is 0.255 e. The maximum atomic E-state index is 12.1. The van der Waals surface area contributed by atoms with Crippen molar-refractivity contribution in [2.75, 3.05) is 11.1 Å². The fraction of sp³-hybridized carbons (Fsp3) is 0.263. The van der Waals surface area contributed by atoms with Gasteiger partial charge in [-0.15, -0.1) is 0 Å². The van der Waals surface area contributed by atoms with Gasteiger partial charge in [-0.05, 0) is 42.8 Å². The lowest BCUT2D eigenvalue weighted by Crippen LogP contribution is -2.11. The van der Waals surface area contributed by atoms with Crippen molar-refractivity contribution in [3.05, 3.63) is 53.9 Å². The van der Waals surface area contributed by atoms with Crippen molar-refractivity contribution in [3.8, 4) is 0 Å². The van der Waals surface area contributed by atoms with Crippen molar-refractivity contribution >= 4 is 28.4 Å². The van der Waals surface area contributed by atoms with Gasteiger partial charge in [0.15, 0.2) is 0 Å². The number of nitrogens with zero attached hydrogens (tertiary/aromatic N) is 1. The maximum absolute atomic E-state index is 12.1. The number of hydrogen-bond donors (Lipinski definition) is 2. The van der Waals surface area contributed by atoms with Gasteiger partial charge in [-0.1, -0.05) is 27.7 Å². The molecule has 3 aromatic rings. The number of rotatable bonds is 2. The van der Waals surface area contributed by atoms with Gasteiger partial charge in [-0.2, -0.15) is 0 Å². The fourth-order valence-corrected chi connectivity index (χ4v) is 1.94. The first-order valence-electron chi connectivity index (χ1n) is 8.14. The number of carbonyl (C=O) groups excluding carboxylic acids is 1. The number of nitrogens with one attached hydrogen (secondary N) is 1. The van der Waals surface area contributed by atoms with Crippen LogP contribution in [0.4, 0.5) is 11.4 Å². The molecule has 5 nitrogen and oxygen atoms in total. The van der Waals surface area contributed by atoms with Gasteiger partial charge in [0, 0.05) is 16.6 Å². The zero-order valence-corrected chi connectivity index (χ0v) is 14.9. The number of anilines is 2. The molecular weight excluding hydrogens is 302 g/mol. The monoisotopic (exact) mass is 327 g/mol. The van der Waals surface area contributed by atoms with Crippen LogP contribution in [0.3, 0.4) is 0 Å². The minimum Gasteiger partial charge on any atom is -0.446 e. The van der Waals surface area contributed by atoms with E-state index in [1.54, 1.807) is 36.7 Å². The number of amides is 1. The molecule has 0 saturated heterocycles. The van der Waals surface area contributed by atoms with Crippen molar-refractivity contribution in [2.24, 2.45) is 0 Å². The van der Waals surface area contributed by atoms with Crippen LogP contribution in [0, 0.1) is 6.92 Å². The summed E-state index contributed by atoms with van der Waals surface area (Å²) >= 11 is 0. The molecule has 0 atom stereocenters. The molecule has 1 amide bonds. The van der Waals surface area contributed by atoms with E-state index in [4.69, 9.17) is 10.2 Å². The number of pyridine rings is 1. The van der Waals surface area contributed by atoms with E-state index >= 15 is 0 Å². The summed E-state index contributed by atoms with van der Waals surface area (Å²) in [5.74, 6) is -0.202. The molecule has 3 rings (SSSR count). The number of furan rings is 1. The molecule has 0 bridgehead atoms. The minimum absolute atomic E-state index is 0.202. The summed E-state index contributed by atoms with van der Waals surface area (Å²) < 4.78 is 5.27. The summed E-state index contributed by atoms with van der Waals surface area (Å²) in [6, 6.07) is 8.59. The third kappa shape index (κ3) is 4.59. The Hall–Kier alpha value is -2.82. The van der Waals surface area contributed by atoms with Crippen LogP contribution >= 0.6 is 0 Å². The van der Waals surface area contributed by atoms with Crippen LogP contribution in [-0.4, -0.2) is 10.9 Å². The molecule has 0 radical (unpaired) electrons. The largest absolute Gasteiger partial charge is 0.446 e.